The number of carbonyl (C=O) groups excluding carboxylic acids is 5. The molecule has 0 aromatic heterocycles. The fraction of sp³-hybridized carbons (Fsp3) is 0.673. The van der Waals surface area contributed by atoms with Gasteiger partial charge in [0, 0.05) is 50.2 Å². The minimum atomic E-state index is -4.78. The van der Waals surface area contributed by atoms with Crippen molar-refractivity contribution in [2.45, 2.75) is 205 Å². The van der Waals surface area contributed by atoms with Crippen molar-refractivity contribution >= 4 is 40.9 Å². The molecule has 0 bridgehead atoms. The first-order chi connectivity index (χ1) is 33.1. The molecule has 2 aliphatic heterocycles. The number of hydrogen-bond donors (Lipinski definition) is 1. The second-order valence-electron chi connectivity index (χ2n) is 20.4. The molecule has 2 aromatic rings. The van der Waals surface area contributed by atoms with Crippen LogP contribution in [-0.2, 0) is 26.7 Å². The molecule has 0 radical (unpaired) electrons. The van der Waals surface area contributed by atoms with Crippen molar-refractivity contribution in [3.05, 3.63) is 46.5 Å². The van der Waals surface area contributed by atoms with Crippen LogP contribution in [0.15, 0.2) is 24.3 Å². The number of benzene rings is 2. The zero-order chi connectivity index (χ0) is 50.9. The van der Waals surface area contributed by atoms with E-state index in [0.717, 1.165) is 89.2 Å². The summed E-state index contributed by atoms with van der Waals surface area (Å²) in [5.74, 6) is -2.08. The number of nitrogens with one attached hydrogen (secondary N) is 1. The average Bonchev–Trinajstić information content (AvgIpc) is 3.28. The number of hydrogen-bond acceptors (Lipinski definition) is 7. The first-order valence-electron chi connectivity index (χ1n) is 25.5. The number of amides is 5. The molecular weight excluding hydrogens is 921 g/mol. The van der Waals surface area contributed by atoms with Gasteiger partial charge in [-0.2, -0.15) is 26.3 Å². The summed E-state index contributed by atoms with van der Waals surface area (Å²) in [6, 6.07) is 3.51. The van der Waals surface area contributed by atoms with Crippen LogP contribution >= 0.6 is 0 Å². The van der Waals surface area contributed by atoms with E-state index in [1.165, 1.54) is 21.9 Å². The minimum Gasteiger partial charge on any atom is -0.475 e. The summed E-state index contributed by atoms with van der Waals surface area (Å²) >= 11 is 0. The van der Waals surface area contributed by atoms with Gasteiger partial charge in [-0.1, -0.05) is 52.4 Å². The molecule has 0 unspecified atom stereocenters. The molecule has 12 nitrogen and oxygen atoms in total. The summed E-state index contributed by atoms with van der Waals surface area (Å²) in [7, 11) is 0. The van der Waals surface area contributed by atoms with Gasteiger partial charge in [0.1, 0.15) is 11.5 Å². The fourth-order valence-electron chi connectivity index (χ4n) is 11.1. The molecule has 0 atom stereocenters. The Balaban J connectivity index is 0.000000208. The number of anilines is 2. The first-order valence-corrected chi connectivity index (χ1v) is 25.5. The fourth-order valence-corrected chi connectivity index (χ4v) is 11.1. The van der Waals surface area contributed by atoms with Crippen LogP contribution in [0.4, 0.5) is 37.7 Å². The largest absolute Gasteiger partial charge is 0.475 e. The van der Waals surface area contributed by atoms with Crippen molar-refractivity contribution in [1.82, 2.24) is 15.1 Å². The van der Waals surface area contributed by atoms with Gasteiger partial charge in [0.25, 0.3) is 23.6 Å². The molecule has 18 heteroatoms. The highest BCUT2D eigenvalue weighted by atomic mass is 19.4. The molecule has 1 N–H and O–H groups in total. The Labute approximate surface area is 407 Å². The third-order valence-corrected chi connectivity index (χ3v) is 15.0. The molecule has 5 amide bonds. The van der Waals surface area contributed by atoms with E-state index < -0.39 is 57.6 Å². The molecule has 2 aromatic carbocycles. The summed E-state index contributed by atoms with van der Waals surface area (Å²) in [5.41, 5.74) is -4.78. The molecule has 2 heterocycles. The number of alkyl halides is 6. The number of halogens is 6. The van der Waals surface area contributed by atoms with Gasteiger partial charge in [-0.25, -0.2) is 0 Å². The van der Waals surface area contributed by atoms with Crippen LogP contribution < -0.4 is 24.6 Å². The van der Waals surface area contributed by atoms with Crippen LogP contribution in [0, 0.1) is 0 Å². The molecule has 4 fully saturated rings. The van der Waals surface area contributed by atoms with Crippen molar-refractivity contribution in [2.24, 2.45) is 0 Å². The highest BCUT2D eigenvalue weighted by Crippen LogP contribution is 2.51. The van der Waals surface area contributed by atoms with E-state index >= 15 is 0 Å². The summed E-state index contributed by atoms with van der Waals surface area (Å²) < 4.78 is 97.4. The molecule has 2 spiro atoms. The highest BCUT2D eigenvalue weighted by Gasteiger charge is 2.55. The molecule has 0 saturated heterocycles. The van der Waals surface area contributed by atoms with Gasteiger partial charge in [0.15, 0.2) is 11.2 Å². The maximum Gasteiger partial charge on any atom is 0.417 e. The van der Waals surface area contributed by atoms with Gasteiger partial charge in [0.2, 0.25) is 5.91 Å². The van der Waals surface area contributed by atoms with Gasteiger partial charge in [-0.15, -0.1) is 0 Å². The van der Waals surface area contributed by atoms with Crippen molar-refractivity contribution in [2.75, 3.05) is 29.4 Å². The molecule has 70 heavy (non-hydrogen) atoms. The summed E-state index contributed by atoms with van der Waals surface area (Å²) in [4.78, 5) is 72.0. The second kappa shape index (κ2) is 21.0. The average molecular weight is 990 g/mol. The number of ether oxygens (including phenoxy) is 2. The van der Waals surface area contributed by atoms with Crippen LogP contribution in [-0.4, -0.2) is 94.3 Å². The normalized spacial score (nSPS) is 19.9. The monoisotopic (exact) mass is 990 g/mol. The zero-order valence-electron chi connectivity index (χ0n) is 41.4. The summed E-state index contributed by atoms with van der Waals surface area (Å²) in [6.07, 6.45) is 3.77. The Hall–Kier alpha value is -5.03. The Morgan fingerprint density at radius 1 is 0.629 bits per heavy atom. The van der Waals surface area contributed by atoms with E-state index in [-0.39, 0.29) is 84.3 Å². The Kier molecular flexibility index (Phi) is 15.8. The number of carbonyl (C=O) groups is 5. The predicted octanol–water partition coefficient (Wildman–Crippen LogP) is 11.0. The second-order valence-corrected chi connectivity index (χ2v) is 20.4. The maximum absolute atomic E-state index is 14.3. The van der Waals surface area contributed by atoms with Crippen LogP contribution in [0.2, 0.25) is 0 Å². The van der Waals surface area contributed by atoms with E-state index in [4.69, 9.17) is 9.47 Å². The van der Waals surface area contributed by atoms with Crippen molar-refractivity contribution in [3.63, 3.8) is 0 Å². The van der Waals surface area contributed by atoms with Gasteiger partial charge in [-0.05, 0) is 123 Å². The Morgan fingerprint density at radius 3 is 1.33 bits per heavy atom. The summed E-state index contributed by atoms with van der Waals surface area (Å²) in [5, 5.41) is 2.71. The molecule has 386 valence electrons. The van der Waals surface area contributed by atoms with Crippen molar-refractivity contribution < 1.29 is 59.8 Å². The molecule has 4 aliphatic carbocycles. The van der Waals surface area contributed by atoms with E-state index in [2.05, 4.69) is 5.32 Å². The third kappa shape index (κ3) is 10.5. The number of rotatable bonds is 12. The van der Waals surface area contributed by atoms with Crippen LogP contribution in [0.25, 0.3) is 0 Å². The number of nitrogens with zero attached hydrogens (tertiary/aromatic N) is 4. The lowest BCUT2D eigenvalue weighted by atomic mass is 9.77. The quantitative estimate of drug-likeness (QED) is 0.210. The zero-order valence-corrected chi connectivity index (χ0v) is 41.4. The number of fused-ring (bicyclic) bond motifs is 2. The van der Waals surface area contributed by atoms with E-state index in [0.29, 0.717) is 38.6 Å². The van der Waals surface area contributed by atoms with Gasteiger partial charge < -0.3 is 34.4 Å². The lowest BCUT2D eigenvalue weighted by Gasteiger charge is -2.47. The first kappa shape index (κ1) is 52.8. The topological polar surface area (TPSA) is 129 Å². The van der Waals surface area contributed by atoms with E-state index in [1.807, 2.05) is 34.6 Å². The van der Waals surface area contributed by atoms with Crippen LogP contribution in [0.3, 0.4) is 0 Å². The molecule has 6 aliphatic rings. The van der Waals surface area contributed by atoms with Gasteiger partial charge >= 0.3 is 12.4 Å². The van der Waals surface area contributed by atoms with Crippen LogP contribution in [0.1, 0.15) is 189 Å². The lowest BCUT2D eigenvalue weighted by Crippen LogP contribution is -2.61. The van der Waals surface area contributed by atoms with Gasteiger partial charge in [0.05, 0.1) is 33.6 Å². The maximum atomic E-state index is 14.3. The predicted molar refractivity (Wildman–Crippen MR) is 252 cm³/mol. The lowest BCUT2D eigenvalue weighted by molar-refractivity contribution is -0.144. The third-order valence-electron chi connectivity index (χ3n) is 15.0. The Bertz CT molecular complexity index is 2280. The highest BCUT2D eigenvalue weighted by molar-refractivity contribution is 6.07. The van der Waals surface area contributed by atoms with Crippen molar-refractivity contribution in [3.8, 4) is 11.5 Å². The smallest absolute Gasteiger partial charge is 0.417 e. The van der Waals surface area contributed by atoms with Crippen molar-refractivity contribution in [1.29, 1.82) is 0 Å². The Morgan fingerprint density at radius 2 is 1.01 bits per heavy atom. The van der Waals surface area contributed by atoms with Gasteiger partial charge in [-0.3, -0.25) is 24.0 Å². The summed E-state index contributed by atoms with van der Waals surface area (Å²) in [6.45, 7) is 11.5. The van der Waals surface area contributed by atoms with E-state index in [1.54, 1.807) is 16.7 Å². The minimum absolute atomic E-state index is 0.0420. The van der Waals surface area contributed by atoms with Crippen LogP contribution in [0.5, 0.6) is 11.5 Å². The molecular formula is C52H69F6N5O7. The SMILES string of the molecule is CCC(=O)NCCN1C(=O)C2(CCC2)Oc2cc(C(F)(F)F)c(C(=O)N(C(C)C)C3CCCCC3)cc21.CCCN1C(=O)C2(CCC2)Oc2cc(C(F)(F)F)c(C(=O)N(C(C)C)C3CCCCC3)cc21. The van der Waals surface area contributed by atoms with E-state index in [9.17, 15) is 50.3 Å². The molecule has 8 rings (SSSR count). The molecule has 4 saturated carbocycles. The standard InChI is InChI=1S/C27H36F3N3O4.C25H33F3N2O3/c1-4-23(34)31-13-14-32-21-15-19(24(35)33(17(2)3)18-9-6-5-7-10-18)20(27(28,29)30)16-22(21)37-26(25(32)36)11-8-12-26;1-4-13-29-20-14-18(22(31)30(16(2)3)17-9-6-5-7-10-17)19(25(26,27)28)15-21(20)33-24(23(29)32)11-8-12-24/h15-18H,4-14H2,1-3H3,(H,31,34);14-17H,4-13H2,1-3H3.